The van der Waals surface area contributed by atoms with E-state index in [9.17, 15) is 5.26 Å². The van der Waals surface area contributed by atoms with Gasteiger partial charge < -0.3 is 18.9 Å². The molecule has 0 saturated heterocycles. The summed E-state index contributed by atoms with van der Waals surface area (Å²) in [4.78, 5) is 12.7. The highest BCUT2D eigenvalue weighted by Gasteiger charge is 2.47. The molecule has 0 spiro atoms. The number of benzene rings is 14. The molecule has 2 N–H and O–H groups in total. The summed E-state index contributed by atoms with van der Waals surface area (Å²) < 4.78 is 12.6. The minimum absolute atomic E-state index is 0.346. The molecule has 18 rings (SSSR count). The van der Waals surface area contributed by atoms with Crippen molar-refractivity contribution in [3.05, 3.63) is 406 Å². The zero-order valence-corrected chi connectivity index (χ0v) is 54.5. The molecule has 0 amide bonds. The van der Waals surface area contributed by atoms with Crippen molar-refractivity contribution in [2.75, 3.05) is 0 Å². The van der Waals surface area contributed by atoms with Crippen molar-refractivity contribution in [2.45, 2.75) is 10.8 Å². The lowest BCUT2D eigenvalue weighted by Gasteiger charge is -2.33. The van der Waals surface area contributed by atoms with Gasteiger partial charge in [-0.25, -0.2) is 14.8 Å². The number of aromatic nitrogens is 2. The van der Waals surface area contributed by atoms with Crippen LogP contribution < -0.4 is 5.46 Å². The van der Waals surface area contributed by atoms with Crippen LogP contribution in [0.5, 0.6) is 0 Å². The Bertz CT molecular complexity index is 5760. The molecule has 10 heteroatoms. The van der Waals surface area contributed by atoms with Gasteiger partial charge in [-0.05, 0) is 184 Å². The van der Waals surface area contributed by atoms with Gasteiger partial charge >= 0.3 is 7.12 Å². The number of hydrogen-bond acceptors (Lipinski definition) is 7. The van der Waals surface area contributed by atoms with E-state index in [0.29, 0.717) is 33.5 Å². The van der Waals surface area contributed by atoms with E-state index in [1.807, 2.05) is 78.9 Å². The van der Waals surface area contributed by atoms with E-state index in [4.69, 9.17) is 47.0 Å². The molecule has 2 aliphatic carbocycles. The molecule has 2 aromatic heterocycles. The molecule has 0 unspecified atom stereocenters. The minimum Gasteiger partial charge on any atom is -0.436 e. The molecule has 0 saturated carbocycles. The number of oxazole rings is 2. The fourth-order valence-electron chi connectivity index (χ4n) is 14.7. The summed E-state index contributed by atoms with van der Waals surface area (Å²) in [6, 6.07) is 119. The highest BCUT2D eigenvalue weighted by molar-refractivity contribution is 6.58. The van der Waals surface area contributed by atoms with Crippen LogP contribution >= 0.6 is 11.6 Å². The molecule has 0 radical (unpaired) electrons. The molecule has 100 heavy (non-hydrogen) atoms. The van der Waals surface area contributed by atoms with Crippen LogP contribution in [-0.4, -0.2) is 27.1 Å². The lowest BCUT2D eigenvalue weighted by Crippen LogP contribution is -2.29. The second kappa shape index (κ2) is 26.4. The maximum Gasteiger partial charge on any atom is 0.487 e. The van der Waals surface area contributed by atoms with Gasteiger partial charge in [-0.1, -0.05) is 272 Å². The number of nitrogens with zero attached hydrogens (tertiary/aromatic N) is 4. The molecule has 472 valence electrons. The lowest BCUT2D eigenvalue weighted by atomic mass is 9.67. The number of nitriles is 1. The van der Waals surface area contributed by atoms with E-state index in [0.717, 1.165) is 66.7 Å². The molecule has 8 nitrogen and oxygen atoms in total. The molecule has 14 aromatic carbocycles. The molecule has 2 aliphatic rings. The number of halogens is 1. The summed E-state index contributed by atoms with van der Waals surface area (Å²) >= 11 is 6.21. The zero-order chi connectivity index (χ0) is 67.7. The Kier molecular flexibility index (Phi) is 16.4. The largest absolute Gasteiger partial charge is 0.487 e. The van der Waals surface area contributed by atoms with Gasteiger partial charge in [0.1, 0.15) is 11.0 Å². The molecule has 0 bridgehead atoms. The first-order valence-corrected chi connectivity index (χ1v) is 33.3. The van der Waals surface area contributed by atoms with Gasteiger partial charge in [0.25, 0.3) is 0 Å². The fraction of sp³-hybridized carbons (Fsp3) is 0.0222. The first kappa shape index (κ1) is 62.1. The van der Waals surface area contributed by atoms with Gasteiger partial charge in [-0.3, -0.25) is 0 Å². The smallest absolute Gasteiger partial charge is 0.436 e. The van der Waals surface area contributed by atoms with E-state index in [-0.39, 0.29) is 0 Å². The Morgan fingerprint density at radius 2 is 0.750 bits per heavy atom. The highest BCUT2D eigenvalue weighted by Crippen LogP contribution is 2.58. The van der Waals surface area contributed by atoms with E-state index < -0.39 is 17.9 Å². The van der Waals surface area contributed by atoms with Crippen LogP contribution in [0.15, 0.2) is 349 Å². The van der Waals surface area contributed by atoms with Gasteiger partial charge in [-0.15, -0.1) is 0 Å². The Morgan fingerprint density at radius 1 is 0.360 bits per heavy atom. The van der Waals surface area contributed by atoms with Crippen LogP contribution in [0.1, 0.15) is 50.1 Å². The van der Waals surface area contributed by atoms with Crippen molar-refractivity contribution >= 4 is 52.1 Å². The van der Waals surface area contributed by atoms with Gasteiger partial charge in [0, 0.05) is 16.1 Å². The maximum absolute atomic E-state index is 9.36. The van der Waals surface area contributed by atoms with E-state index in [2.05, 4.69) is 248 Å². The normalized spacial score (nSPS) is 12.5. The molecular weight excluding hydrogens is 1250 g/mol. The minimum atomic E-state index is -1.49. The monoisotopic (exact) mass is 1300 g/mol. The average molecular weight is 1310 g/mol. The van der Waals surface area contributed by atoms with Crippen molar-refractivity contribution < 1.29 is 18.9 Å². The molecule has 16 aromatic rings. The van der Waals surface area contributed by atoms with E-state index in [1.165, 1.54) is 72.8 Å². The molecule has 0 fully saturated rings. The number of hydrogen-bond donors (Lipinski definition) is 2. The Hall–Kier alpha value is -12.7. The second-order valence-electron chi connectivity index (χ2n) is 24.8. The van der Waals surface area contributed by atoms with Crippen LogP contribution in [0.3, 0.4) is 0 Å². The predicted octanol–water partition coefficient (Wildman–Crippen LogP) is 21.2. The van der Waals surface area contributed by atoms with Gasteiger partial charge in [0.15, 0.2) is 16.9 Å². The first-order valence-electron chi connectivity index (χ1n) is 32.9. The fourth-order valence-corrected chi connectivity index (χ4v) is 14.9. The molecular formula is C90H58BClN4O4. The van der Waals surface area contributed by atoms with E-state index >= 15 is 0 Å². The van der Waals surface area contributed by atoms with Crippen LogP contribution in [0.25, 0.3) is 106 Å². The van der Waals surface area contributed by atoms with Crippen LogP contribution in [-0.2, 0) is 10.8 Å². The second-order valence-corrected chi connectivity index (χ2v) is 25.3. The number of rotatable bonds is 10. The van der Waals surface area contributed by atoms with Crippen molar-refractivity contribution in [3.63, 3.8) is 0 Å². The summed E-state index contributed by atoms with van der Waals surface area (Å²) in [5, 5.41) is 27.4. The summed E-state index contributed by atoms with van der Waals surface area (Å²) in [5.74, 6) is 1.14. The third-order valence-electron chi connectivity index (χ3n) is 19.2. The summed E-state index contributed by atoms with van der Waals surface area (Å²) in [6.07, 6.45) is 0. The third-order valence-corrected chi connectivity index (χ3v) is 19.4. The van der Waals surface area contributed by atoms with Crippen LogP contribution in [0.4, 0.5) is 5.69 Å². The van der Waals surface area contributed by atoms with Crippen LogP contribution in [0, 0.1) is 17.9 Å². The number of fused-ring (bicyclic) bond motifs is 8. The lowest BCUT2D eigenvalue weighted by molar-refractivity contribution is 0.426. The summed E-state index contributed by atoms with van der Waals surface area (Å²) in [7, 11) is -1.49. The molecule has 2 heterocycles. The third kappa shape index (κ3) is 11.1. The highest BCUT2D eigenvalue weighted by atomic mass is 35.5. The van der Waals surface area contributed by atoms with Crippen molar-refractivity contribution in [3.8, 4) is 84.6 Å². The Morgan fingerprint density at radius 3 is 1.22 bits per heavy atom. The van der Waals surface area contributed by atoms with Crippen molar-refractivity contribution in [1.82, 2.24) is 9.97 Å². The van der Waals surface area contributed by atoms with Gasteiger partial charge in [-0.2, -0.15) is 5.26 Å². The Labute approximate surface area is 584 Å². The average Bonchev–Trinajstić information content (AvgIpc) is 1.54. The SMILES string of the molecule is Clc1cccc(-c2nc3ccc(-c4ccc5c(c4)-c4ccccc4C5(c4ccccc4)c4ccccc4)cc3o2)c1.N#Cc1cccc(-c2cccc(-c3nc4ccc(-c5ccc6c(c5)-c5ccccc5C6(c5ccccc5)c5ccccc5)cc4o3)c2)c1.[C-]#[N+]c1cccc(B(O)O)c1. The molecule has 0 aliphatic heterocycles. The van der Waals surface area contributed by atoms with Crippen LogP contribution in [0.2, 0.25) is 5.02 Å². The van der Waals surface area contributed by atoms with E-state index in [1.54, 1.807) is 18.2 Å². The van der Waals surface area contributed by atoms with Gasteiger partial charge in [0.05, 0.1) is 29.0 Å². The zero-order valence-electron chi connectivity index (χ0n) is 53.8. The summed E-state index contributed by atoms with van der Waals surface area (Å²) in [5.41, 5.74) is 27.1. The van der Waals surface area contributed by atoms with Crippen molar-refractivity contribution in [1.29, 1.82) is 5.26 Å². The standard InChI is InChI=1S/C45H28N2O.C38H24ClNO.C7H6BNO2/c46-29-30-11-9-12-31(25-30)32-13-10-14-35(26-32)44-47-42-24-22-34(28-43(42)48-44)33-21-23-41-39(27-33)38-19-7-8-20-40(38)45(41,36-15-3-1-4-16-36)37-17-5-2-6-18-37;39-30-15-9-10-27(22-30)37-40-35-21-19-26(24-36(35)41-37)25-18-20-34-32(23-25)31-16-7-8-17-33(31)38(34,28-11-3-1-4-12-28)29-13-5-2-6-14-29;1-9-7-4-2-3-6(5-7)8(10)11/h1-28H;1-24H;2-5,10-11H. The topological polar surface area (TPSA) is 121 Å². The Balaban J connectivity index is 0.000000136. The first-order chi connectivity index (χ1) is 49.2. The van der Waals surface area contributed by atoms with Gasteiger partial charge in [0.2, 0.25) is 11.8 Å². The predicted molar refractivity (Wildman–Crippen MR) is 402 cm³/mol. The molecule has 0 atom stereocenters. The summed E-state index contributed by atoms with van der Waals surface area (Å²) in [6.45, 7) is 6.64. The quantitative estimate of drug-likeness (QED) is 0.103. The maximum atomic E-state index is 9.36. The van der Waals surface area contributed by atoms with Crippen molar-refractivity contribution in [2.24, 2.45) is 0 Å².